The molecule has 1 heterocycles. The summed E-state index contributed by atoms with van der Waals surface area (Å²) in [7, 11) is 3.07. The molecule has 0 radical (unpaired) electrons. The van der Waals surface area contributed by atoms with E-state index in [4.69, 9.17) is 24.1 Å². The van der Waals surface area contributed by atoms with Gasteiger partial charge in [0.15, 0.2) is 23.9 Å². The zero-order valence-corrected chi connectivity index (χ0v) is 14.1. The Morgan fingerprint density at radius 3 is 2.58 bits per heavy atom. The average molecular weight is 356 g/mol. The molecule has 2 aromatic rings. The Labute approximate surface area is 149 Å². The summed E-state index contributed by atoms with van der Waals surface area (Å²) in [5.41, 5.74) is 1.10. The molecular formula is C19H16O7. The Bertz CT molecular complexity index is 899. The second-order valence-electron chi connectivity index (χ2n) is 5.39. The van der Waals surface area contributed by atoms with E-state index in [9.17, 15) is 9.59 Å². The number of rotatable bonds is 6. The van der Waals surface area contributed by atoms with E-state index in [0.717, 1.165) is 0 Å². The second-order valence-corrected chi connectivity index (χ2v) is 5.39. The quantitative estimate of drug-likeness (QED) is 0.796. The Hall–Kier alpha value is -3.48. The van der Waals surface area contributed by atoms with Gasteiger partial charge in [-0.05, 0) is 35.9 Å². The fourth-order valence-corrected chi connectivity index (χ4v) is 2.50. The molecule has 1 N–H and O–H groups in total. The lowest BCUT2D eigenvalue weighted by atomic mass is 10.1. The van der Waals surface area contributed by atoms with E-state index in [1.165, 1.54) is 19.2 Å². The highest BCUT2D eigenvalue weighted by Crippen LogP contribution is 2.35. The number of Topliss-reactive ketones (excluding diaryl/α,β-unsaturated/α-hetero) is 1. The summed E-state index contributed by atoms with van der Waals surface area (Å²) < 4.78 is 21.1. The van der Waals surface area contributed by atoms with Crippen LogP contribution < -0.4 is 18.9 Å². The van der Waals surface area contributed by atoms with Gasteiger partial charge >= 0.3 is 5.97 Å². The van der Waals surface area contributed by atoms with Crippen molar-refractivity contribution in [2.75, 3.05) is 20.8 Å². The van der Waals surface area contributed by atoms with Crippen LogP contribution in [-0.4, -0.2) is 37.7 Å². The minimum Gasteiger partial charge on any atom is -0.493 e. The maximum absolute atomic E-state index is 12.5. The molecular weight excluding hydrogens is 340 g/mol. The van der Waals surface area contributed by atoms with Crippen LogP contribution >= 0.6 is 0 Å². The van der Waals surface area contributed by atoms with Gasteiger partial charge in [0.05, 0.1) is 19.8 Å². The van der Waals surface area contributed by atoms with Crippen LogP contribution in [0, 0.1) is 0 Å². The van der Waals surface area contributed by atoms with Gasteiger partial charge in [-0.3, -0.25) is 4.79 Å². The molecule has 0 aliphatic carbocycles. The molecule has 0 bridgehead atoms. The average Bonchev–Trinajstić information content (AvgIpc) is 2.95. The van der Waals surface area contributed by atoms with Crippen molar-refractivity contribution in [3.63, 3.8) is 0 Å². The first kappa shape index (κ1) is 17.3. The van der Waals surface area contributed by atoms with Crippen LogP contribution in [0.2, 0.25) is 0 Å². The van der Waals surface area contributed by atoms with Crippen molar-refractivity contribution in [2.45, 2.75) is 0 Å². The zero-order chi connectivity index (χ0) is 18.7. The molecule has 0 saturated heterocycles. The molecule has 134 valence electrons. The molecule has 0 saturated carbocycles. The first-order chi connectivity index (χ1) is 12.5. The fourth-order valence-electron chi connectivity index (χ4n) is 2.50. The molecule has 7 nitrogen and oxygen atoms in total. The highest BCUT2D eigenvalue weighted by Gasteiger charge is 2.28. The van der Waals surface area contributed by atoms with Gasteiger partial charge in [-0.25, -0.2) is 4.79 Å². The summed E-state index contributed by atoms with van der Waals surface area (Å²) in [4.78, 5) is 23.0. The number of fused-ring (bicyclic) bond motifs is 1. The van der Waals surface area contributed by atoms with Gasteiger partial charge in [0, 0.05) is 6.07 Å². The summed E-state index contributed by atoms with van der Waals surface area (Å²) in [6.07, 6.45) is 1.60. The van der Waals surface area contributed by atoms with Gasteiger partial charge in [-0.2, -0.15) is 0 Å². The Morgan fingerprint density at radius 2 is 1.88 bits per heavy atom. The maximum atomic E-state index is 12.5. The lowest BCUT2D eigenvalue weighted by molar-refractivity contribution is -0.139. The van der Waals surface area contributed by atoms with E-state index >= 15 is 0 Å². The van der Waals surface area contributed by atoms with Gasteiger partial charge in [0.2, 0.25) is 5.78 Å². The van der Waals surface area contributed by atoms with Gasteiger partial charge in [0.25, 0.3) is 0 Å². The lowest BCUT2D eigenvalue weighted by Gasteiger charge is -2.08. The number of ketones is 1. The van der Waals surface area contributed by atoms with Crippen LogP contribution in [0.4, 0.5) is 0 Å². The highest BCUT2D eigenvalue weighted by atomic mass is 16.5. The van der Waals surface area contributed by atoms with Crippen molar-refractivity contribution in [2.24, 2.45) is 0 Å². The second kappa shape index (κ2) is 7.18. The van der Waals surface area contributed by atoms with E-state index < -0.39 is 12.6 Å². The van der Waals surface area contributed by atoms with Crippen molar-refractivity contribution in [1.82, 2.24) is 0 Å². The largest absolute Gasteiger partial charge is 0.493 e. The van der Waals surface area contributed by atoms with Crippen LogP contribution in [0.1, 0.15) is 15.9 Å². The van der Waals surface area contributed by atoms with E-state index in [2.05, 4.69) is 0 Å². The third kappa shape index (κ3) is 3.46. The van der Waals surface area contributed by atoms with Crippen LogP contribution in [0.3, 0.4) is 0 Å². The fraction of sp³-hybridized carbons (Fsp3) is 0.158. The van der Waals surface area contributed by atoms with E-state index in [0.29, 0.717) is 34.1 Å². The zero-order valence-electron chi connectivity index (χ0n) is 14.1. The Morgan fingerprint density at radius 1 is 1.12 bits per heavy atom. The van der Waals surface area contributed by atoms with Crippen LogP contribution in [0.25, 0.3) is 6.08 Å². The molecule has 0 amide bonds. The number of methoxy groups -OCH3 is 2. The number of carboxylic acid groups (broad SMARTS) is 1. The lowest BCUT2D eigenvalue weighted by Crippen LogP contribution is -2.09. The summed E-state index contributed by atoms with van der Waals surface area (Å²) in [5, 5.41) is 8.66. The first-order valence-corrected chi connectivity index (χ1v) is 7.66. The normalized spacial score (nSPS) is 13.9. The number of hydrogen-bond donors (Lipinski definition) is 1. The monoisotopic (exact) mass is 356 g/mol. The minimum atomic E-state index is -1.09. The van der Waals surface area contributed by atoms with Gasteiger partial charge < -0.3 is 24.1 Å². The smallest absolute Gasteiger partial charge is 0.341 e. The molecule has 0 atom stereocenters. The van der Waals surface area contributed by atoms with Crippen molar-refractivity contribution >= 4 is 17.8 Å². The van der Waals surface area contributed by atoms with E-state index in [1.54, 1.807) is 37.5 Å². The van der Waals surface area contributed by atoms with E-state index in [-0.39, 0.29) is 11.5 Å². The summed E-state index contributed by atoms with van der Waals surface area (Å²) in [6.45, 7) is -0.471. The van der Waals surface area contributed by atoms with Gasteiger partial charge in [-0.1, -0.05) is 6.07 Å². The standard InChI is InChI=1S/C19H16O7/c1-23-14-6-3-11(7-16(14)24-2)8-17-19(22)13-5-4-12(9-15(13)26-17)25-10-18(20)21/h3-9H,10H2,1-2H3,(H,20,21). The molecule has 1 aliphatic rings. The molecule has 2 aromatic carbocycles. The van der Waals surface area contributed by atoms with Crippen LogP contribution in [0.5, 0.6) is 23.0 Å². The van der Waals surface area contributed by atoms with Crippen LogP contribution in [-0.2, 0) is 4.79 Å². The molecule has 0 unspecified atom stereocenters. The van der Waals surface area contributed by atoms with Crippen LogP contribution in [0.15, 0.2) is 42.2 Å². The minimum absolute atomic E-state index is 0.155. The van der Waals surface area contributed by atoms with Crippen molar-refractivity contribution in [3.05, 3.63) is 53.3 Å². The van der Waals surface area contributed by atoms with Gasteiger partial charge in [0.1, 0.15) is 11.5 Å². The Balaban J connectivity index is 1.85. The number of allylic oxidation sites excluding steroid dienone is 1. The molecule has 0 spiro atoms. The third-order valence-corrected chi connectivity index (χ3v) is 3.71. The summed E-state index contributed by atoms with van der Waals surface area (Å²) >= 11 is 0. The number of carbonyl (C=O) groups is 2. The molecule has 1 aliphatic heterocycles. The number of carboxylic acids is 1. The van der Waals surface area contributed by atoms with Crippen molar-refractivity contribution in [3.8, 4) is 23.0 Å². The van der Waals surface area contributed by atoms with Gasteiger partial charge in [-0.15, -0.1) is 0 Å². The first-order valence-electron chi connectivity index (χ1n) is 7.66. The molecule has 26 heavy (non-hydrogen) atoms. The number of aliphatic carboxylic acids is 1. The highest BCUT2D eigenvalue weighted by molar-refractivity contribution is 6.14. The predicted molar refractivity (Wildman–Crippen MR) is 92.1 cm³/mol. The molecule has 0 fully saturated rings. The molecule has 0 aromatic heterocycles. The molecule has 3 rings (SSSR count). The number of benzene rings is 2. The number of carbonyl (C=O) groups excluding carboxylic acids is 1. The summed E-state index contributed by atoms with van der Waals surface area (Å²) in [6, 6.07) is 9.80. The maximum Gasteiger partial charge on any atom is 0.341 e. The van der Waals surface area contributed by atoms with Crippen molar-refractivity contribution in [1.29, 1.82) is 0 Å². The van der Waals surface area contributed by atoms with E-state index in [1.807, 2.05) is 0 Å². The SMILES string of the molecule is COc1ccc(C=C2Oc3cc(OCC(=O)O)ccc3C2=O)cc1OC. The Kier molecular flexibility index (Phi) is 4.79. The summed E-state index contributed by atoms with van der Waals surface area (Å²) in [5.74, 6) is 0.556. The third-order valence-electron chi connectivity index (χ3n) is 3.71. The predicted octanol–water partition coefficient (Wildman–Crippen LogP) is 2.78. The van der Waals surface area contributed by atoms with Crippen molar-refractivity contribution < 1.29 is 33.6 Å². The molecule has 7 heteroatoms. The number of hydrogen-bond acceptors (Lipinski definition) is 6. The number of ether oxygens (including phenoxy) is 4. The topological polar surface area (TPSA) is 91.3 Å².